The van der Waals surface area contributed by atoms with Crippen molar-refractivity contribution < 1.29 is 27.8 Å². The van der Waals surface area contributed by atoms with E-state index in [1.807, 2.05) is 0 Å². The van der Waals surface area contributed by atoms with E-state index in [0.717, 1.165) is 6.07 Å². The Balaban J connectivity index is 2.31. The van der Waals surface area contributed by atoms with E-state index in [1.165, 1.54) is 14.2 Å². The molecular formula is C16H19F3N4O3. The summed E-state index contributed by atoms with van der Waals surface area (Å²) in [5.41, 5.74) is -0.613. The van der Waals surface area contributed by atoms with Crippen LogP contribution in [0.15, 0.2) is 24.3 Å². The normalized spacial score (nSPS) is 11.2. The van der Waals surface area contributed by atoms with Gasteiger partial charge in [0, 0.05) is 31.0 Å². The number of anilines is 3. The number of halogens is 3. The van der Waals surface area contributed by atoms with Gasteiger partial charge >= 0.3 is 6.18 Å². The van der Waals surface area contributed by atoms with E-state index in [1.54, 1.807) is 18.2 Å². The van der Waals surface area contributed by atoms with Crippen molar-refractivity contribution in [3.63, 3.8) is 0 Å². The van der Waals surface area contributed by atoms with Crippen LogP contribution in [0.4, 0.5) is 30.6 Å². The fourth-order valence-electron chi connectivity index (χ4n) is 2.08. The van der Waals surface area contributed by atoms with Gasteiger partial charge in [0.05, 0.1) is 14.2 Å². The van der Waals surface area contributed by atoms with Crippen molar-refractivity contribution >= 4 is 17.5 Å². The third kappa shape index (κ3) is 5.12. The number of aromatic nitrogens is 2. The van der Waals surface area contributed by atoms with Gasteiger partial charge in [-0.05, 0) is 18.6 Å². The molecule has 1 heterocycles. The third-order valence-electron chi connectivity index (χ3n) is 3.29. The summed E-state index contributed by atoms with van der Waals surface area (Å²) in [6, 6.07) is 5.63. The molecule has 0 atom stereocenters. The number of nitrogens with one attached hydrogen (secondary N) is 2. The number of hydrogen-bond donors (Lipinski definition) is 3. The summed E-state index contributed by atoms with van der Waals surface area (Å²) in [5, 5.41) is 14.2. The van der Waals surface area contributed by atoms with Crippen LogP contribution in [0.1, 0.15) is 12.1 Å². The maximum absolute atomic E-state index is 13.1. The van der Waals surface area contributed by atoms with E-state index in [-0.39, 0.29) is 24.9 Å². The zero-order chi connectivity index (χ0) is 19.2. The maximum Gasteiger partial charge on any atom is 0.433 e. The second kappa shape index (κ2) is 8.56. The van der Waals surface area contributed by atoms with Gasteiger partial charge < -0.3 is 25.2 Å². The highest BCUT2D eigenvalue weighted by molar-refractivity contribution is 5.62. The zero-order valence-electron chi connectivity index (χ0n) is 14.2. The Hall–Kier alpha value is -2.75. The second-order valence-electron chi connectivity index (χ2n) is 5.16. The summed E-state index contributed by atoms with van der Waals surface area (Å²) in [6.45, 7) is 0.149. The molecule has 0 aliphatic heterocycles. The molecule has 1 aromatic carbocycles. The van der Waals surface area contributed by atoms with Gasteiger partial charge in [0.25, 0.3) is 0 Å². The maximum atomic E-state index is 13.1. The van der Waals surface area contributed by atoms with E-state index in [2.05, 4.69) is 20.6 Å². The molecule has 0 saturated heterocycles. The highest BCUT2D eigenvalue weighted by Crippen LogP contribution is 2.33. The Morgan fingerprint density at radius 2 is 1.81 bits per heavy atom. The molecule has 0 aliphatic rings. The Kier molecular flexibility index (Phi) is 6.45. The first-order valence-electron chi connectivity index (χ1n) is 7.67. The number of rotatable bonds is 8. The monoisotopic (exact) mass is 372 g/mol. The van der Waals surface area contributed by atoms with Gasteiger partial charge in [-0.25, -0.2) is 4.98 Å². The van der Waals surface area contributed by atoms with E-state index in [4.69, 9.17) is 14.6 Å². The fraction of sp³-hybridized carbons (Fsp3) is 0.375. The fourth-order valence-corrected chi connectivity index (χ4v) is 2.08. The van der Waals surface area contributed by atoms with Crippen LogP contribution in [-0.4, -0.2) is 42.4 Å². The standard InChI is InChI=1S/C16H19F3N4O3/c1-25-11-5-4-10(8-12(11)26-2)21-14-9-13(16(17,18)19)22-15(23-14)20-6-3-7-24/h4-5,8-9,24H,3,6-7H2,1-2H3,(H2,20,21,22,23). The predicted octanol–water partition coefficient (Wildman–Crippen LogP) is 3.05. The van der Waals surface area contributed by atoms with Gasteiger partial charge in [-0.1, -0.05) is 0 Å². The first-order chi connectivity index (χ1) is 12.4. The third-order valence-corrected chi connectivity index (χ3v) is 3.29. The van der Waals surface area contributed by atoms with Gasteiger partial charge in [0.15, 0.2) is 17.2 Å². The van der Waals surface area contributed by atoms with Crippen molar-refractivity contribution in [3.05, 3.63) is 30.0 Å². The number of ether oxygens (including phenoxy) is 2. The van der Waals surface area contributed by atoms with Crippen LogP contribution in [0.25, 0.3) is 0 Å². The lowest BCUT2D eigenvalue weighted by atomic mass is 10.2. The summed E-state index contributed by atoms with van der Waals surface area (Å²) in [4.78, 5) is 7.49. The van der Waals surface area contributed by atoms with E-state index < -0.39 is 11.9 Å². The van der Waals surface area contributed by atoms with E-state index in [9.17, 15) is 13.2 Å². The summed E-state index contributed by atoms with van der Waals surface area (Å²) < 4.78 is 49.5. The molecule has 0 aliphatic carbocycles. The molecule has 0 radical (unpaired) electrons. The SMILES string of the molecule is COc1ccc(Nc2cc(C(F)(F)F)nc(NCCCO)n2)cc1OC. The average molecular weight is 372 g/mol. The number of hydrogen-bond acceptors (Lipinski definition) is 7. The topological polar surface area (TPSA) is 88.5 Å². The first kappa shape index (κ1) is 19.6. The number of benzene rings is 1. The van der Waals surface area contributed by atoms with Crippen LogP contribution in [0, 0.1) is 0 Å². The summed E-state index contributed by atoms with van der Waals surface area (Å²) in [6.07, 6.45) is -4.26. The predicted molar refractivity (Wildman–Crippen MR) is 90.1 cm³/mol. The number of aliphatic hydroxyl groups excluding tert-OH is 1. The molecule has 26 heavy (non-hydrogen) atoms. The van der Waals surface area contributed by atoms with Crippen LogP contribution in [-0.2, 0) is 6.18 Å². The summed E-state index contributed by atoms with van der Waals surface area (Å²) in [7, 11) is 2.94. The van der Waals surface area contributed by atoms with Gasteiger partial charge in [-0.2, -0.15) is 18.2 Å². The molecule has 10 heteroatoms. The van der Waals surface area contributed by atoms with Crippen molar-refractivity contribution in [1.29, 1.82) is 0 Å². The number of nitrogens with zero attached hydrogens (tertiary/aromatic N) is 2. The molecule has 0 amide bonds. The smallest absolute Gasteiger partial charge is 0.433 e. The lowest BCUT2D eigenvalue weighted by Gasteiger charge is -2.14. The van der Waals surface area contributed by atoms with Crippen LogP contribution in [0.5, 0.6) is 11.5 Å². The molecule has 0 fully saturated rings. The number of methoxy groups -OCH3 is 2. The van der Waals surface area contributed by atoms with E-state index >= 15 is 0 Å². The molecule has 7 nitrogen and oxygen atoms in total. The minimum absolute atomic E-state index is 0.0361. The molecule has 2 aromatic rings. The van der Waals surface area contributed by atoms with Crippen molar-refractivity contribution in [2.45, 2.75) is 12.6 Å². The second-order valence-corrected chi connectivity index (χ2v) is 5.16. The quantitative estimate of drug-likeness (QED) is 0.614. The Morgan fingerprint density at radius 3 is 2.42 bits per heavy atom. The molecule has 2 rings (SSSR count). The van der Waals surface area contributed by atoms with Gasteiger partial charge in [0.2, 0.25) is 5.95 Å². The molecule has 0 bridgehead atoms. The van der Waals surface area contributed by atoms with Crippen molar-refractivity contribution in [2.24, 2.45) is 0 Å². The van der Waals surface area contributed by atoms with Crippen molar-refractivity contribution in [3.8, 4) is 11.5 Å². The van der Waals surface area contributed by atoms with Gasteiger partial charge in [-0.15, -0.1) is 0 Å². The van der Waals surface area contributed by atoms with Crippen LogP contribution in [0.2, 0.25) is 0 Å². The average Bonchev–Trinajstić information content (AvgIpc) is 2.61. The Bertz CT molecular complexity index is 741. The Morgan fingerprint density at radius 1 is 1.08 bits per heavy atom. The lowest BCUT2D eigenvalue weighted by Crippen LogP contribution is -2.14. The Labute approximate surface area is 148 Å². The van der Waals surface area contributed by atoms with Gasteiger partial charge in [-0.3, -0.25) is 0 Å². The van der Waals surface area contributed by atoms with Crippen LogP contribution < -0.4 is 20.1 Å². The highest BCUT2D eigenvalue weighted by Gasteiger charge is 2.33. The minimum atomic E-state index is -4.62. The zero-order valence-corrected chi connectivity index (χ0v) is 14.2. The number of alkyl halides is 3. The van der Waals surface area contributed by atoms with Gasteiger partial charge in [0.1, 0.15) is 5.82 Å². The first-order valence-corrected chi connectivity index (χ1v) is 7.67. The van der Waals surface area contributed by atoms with E-state index in [0.29, 0.717) is 23.6 Å². The molecule has 1 aromatic heterocycles. The summed E-state index contributed by atoms with van der Waals surface area (Å²) >= 11 is 0. The number of aliphatic hydroxyl groups is 1. The lowest BCUT2D eigenvalue weighted by molar-refractivity contribution is -0.141. The molecule has 142 valence electrons. The molecular weight excluding hydrogens is 353 g/mol. The van der Waals surface area contributed by atoms with Crippen molar-refractivity contribution in [1.82, 2.24) is 9.97 Å². The highest BCUT2D eigenvalue weighted by atomic mass is 19.4. The largest absolute Gasteiger partial charge is 0.493 e. The summed E-state index contributed by atoms with van der Waals surface area (Å²) in [5.74, 6) is 0.689. The molecule has 0 unspecified atom stereocenters. The van der Waals surface area contributed by atoms with Crippen molar-refractivity contribution in [2.75, 3.05) is 38.0 Å². The van der Waals surface area contributed by atoms with Crippen LogP contribution >= 0.6 is 0 Å². The molecule has 3 N–H and O–H groups in total. The molecule has 0 spiro atoms. The minimum Gasteiger partial charge on any atom is -0.493 e. The molecule has 0 saturated carbocycles. The van der Waals surface area contributed by atoms with Crippen LogP contribution in [0.3, 0.4) is 0 Å².